The number of non-ortho nitro benzene ring substituents is 1. The van der Waals surface area contributed by atoms with Gasteiger partial charge in [0, 0.05) is 29.9 Å². The van der Waals surface area contributed by atoms with Crippen LogP contribution in [0.3, 0.4) is 0 Å². The van der Waals surface area contributed by atoms with Crippen LogP contribution in [-0.2, 0) is 16.4 Å². The van der Waals surface area contributed by atoms with Gasteiger partial charge in [0.1, 0.15) is 15.4 Å². The van der Waals surface area contributed by atoms with E-state index in [1.54, 1.807) is 29.8 Å². The first kappa shape index (κ1) is 14.5. The summed E-state index contributed by atoms with van der Waals surface area (Å²) >= 11 is 0. The van der Waals surface area contributed by atoms with Crippen LogP contribution >= 0.6 is 0 Å². The van der Waals surface area contributed by atoms with E-state index in [9.17, 15) is 18.5 Å². The summed E-state index contributed by atoms with van der Waals surface area (Å²) in [6.45, 7) is 2.07. The Morgan fingerprint density at radius 2 is 2.05 bits per heavy atom. The molecule has 0 spiro atoms. The highest BCUT2D eigenvalue weighted by Gasteiger charge is 2.15. The highest BCUT2D eigenvalue weighted by molar-refractivity contribution is 7.91. The fourth-order valence-corrected chi connectivity index (χ4v) is 3.03. The maximum Gasteiger partial charge on any atom is 0.293 e. The van der Waals surface area contributed by atoms with Crippen molar-refractivity contribution in [1.82, 2.24) is 4.57 Å². The Bertz CT molecular complexity index is 734. The van der Waals surface area contributed by atoms with Crippen molar-refractivity contribution in [2.45, 2.75) is 19.9 Å². The van der Waals surface area contributed by atoms with Crippen LogP contribution in [-0.4, -0.2) is 29.4 Å². The number of nitro benzene ring substituents is 1. The van der Waals surface area contributed by atoms with Crippen LogP contribution in [0.4, 0.5) is 5.69 Å². The van der Waals surface area contributed by atoms with Crippen molar-refractivity contribution in [1.29, 1.82) is 0 Å². The van der Waals surface area contributed by atoms with Gasteiger partial charge in [0.15, 0.2) is 0 Å². The molecule has 0 aliphatic heterocycles. The first-order chi connectivity index (χ1) is 9.44. The predicted octanol–water partition coefficient (Wildman–Crippen LogP) is 2.37. The second-order valence-corrected chi connectivity index (χ2v) is 7.04. The number of rotatable bonds is 6. The molecule has 6 nitrogen and oxygen atoms in total. The van der Waals surface area contributed by atoms with E-state index in [1.165, 1.54) is 6.07 Å². The number of aryl methyl sites for hydroxylation is 1. The van der Waals surface area contributed by atoms with Crippen LogP contribution in [0.1, 0.15) is 13.3 Å². The Labute approximate surface area is 117 Å². The lowest BCUT2D eigenvalue weighted by Crippen LogP contribution is -2.11. The highest BCUT2D eigenvalue weighted by Crippen LogP contribution is 2.26. The lowest BCUT2D eigenvalue weighted by atomic mass is 10.2. The smallest absolute Gasteiger partial charge is 0.293 e. The summed E-state index contributed by atoms with van der Waals surface area (Å²) in [6, 6.07) is 6.71. The van der Waals surface area contributed by atoms with Crippen LogP contribution in [0.15, 0.2) is 30.5 Å². The average Bonchev–Trinajstić information content (AvgIpc) is 2.82. The van der Waals surface area contributed by atoms with Gasteiger partial charge in [-0.1, -0.05) is 19.1 Å². The number of sulfone groups is 1. The van der Waals surface area contributed by atoms with E-state index >= 15 is 0 Å². The third-order valence-corrected chi connectivity index (χ3v) is 5.05. The van der Waals surface area contributed by atoms with Crippen molar-refractivity contribution in [2.75, 3.05) is 11.5 Å². The van der Waals surface area contributed by atoms with Gasteiger partial charge >= 0.3 is 0 Å². The molecule has 2 rings (SSSR count). The van der Waals surface area contributed by atoms with Crippen LogP contribution in [0.25, 0.3) is 10.9 Å². The zero-order valence-electron chi connectivity index (χ0n) is 11.2. The monoisotopic (exact) mass is 296 g/mol. The van der Waals surface area contributed by atoms with E-state index in [2.05, 4.69) is 0 Å². The molecule has 0 N–H and O–H groups in total. The van der Waals surface area contributed by atoms with Gasteiger partial charge in [-0.25, -0.2) is 8.42 Å². The largest absolute Gasteiger partial charge is 0.342 e. The van der Waals surface area contributed by atoms with Crippen LogP contribution in [0.2, 0.25) is 0 Å². The number of hydrogen-bond acceptors (Lipinski definition) is 4. The summed E-state index contributed by atoms with van der Waals surface area (Å²) < 4.78 is 24.6. The molecule has 7 heteroatoms. The minimum atomic E-state index is -3.00. The minimum Gasteiger partial charge on any atom is -0.342 e. The third-order valence-electron chi connectivity index (χ3n) is 3.26. The van der Waals surface area contributed by atoms with Crippen molar-refractivity contribution < 1.29 is 13.3 Å². The summed E-state index contributed by atoms with van der Waals surface area (Å²) in [5.41, 5.74) is 0.595. The lowest BCUT2D eigenvalue weighted by molar-refractivity contribution is -0.383. The third kappa shape index (κ3) is 2.98. The molecule has 0 saturated carbocycles. The Balaban J connectivity index is 2.25. The average molecular weight is 296 g/mol. The first-order valence-electron chi connectivity index (χ1n) is 6.37. The van der Waals surface area contributed by atoms with Gasteiger partial charge in [-0.15, -0.1) is 0 Å². The van der Waals surface area contributed by atoms with Crippen LogP contribution in [0, 0.1) is 10.1 Å². The zero-order valence-corrected chi connectivity index (χ0v) is 12.0. The molecule has 0 saturated heterocycles. The van der Waals surface area contributed by atoms with Gasteiger partial charge < -0.3 is 4.57 Å². The zero-order chi connectivity index (χ0) is 14.8. The van der Waals surface area contributed by atoms with E-state index < -0.39 is 14.8 Å². The van der Waals surface area contributed by atoms with E-state index in [4.69, 9.17) is 0 Å². The maximum atomic E-state index is 11.4. The van der Waals surface area contributed by atoms with E-state index in [0.717, 1.165) is 5.39 Å². The number of nitro groups is 1. The standard InChI is InChI=1S/C13H16N2O4S/c1-2-20(18,19)10-4-8-14-9-7-11-5-3-6-12(13(11)14)15(16)17/h3,5-7,9H,2,4,8,10H2,1H3. The number of fused-ring (bicyclic) bond motifs is 1. The molecule has 0 fully saturated rings. The summed E-state index contributed by atoms with van der Waals surface area (Å²) in [6.07, 6.45) is 2.21. The van der Waals surface area contributed by atoms with Crippen LogP contribution in [0.5, 0.6) is 0 Å². The van der Waals surface area contributed by atoms with Gasteiger partial charge in [0.05, 0.1) is 10.7 Å². The van der Waals surface area contributed by atoms with Crippen LogP contribution < -0.4 is 0 Å². The molecule has 0 atom stereocenters. The van der Waals surface area contributed by atoms with Gasteiger partial charge in [0.2, 0.25) is 0 Å². The van der Waals surface area contributed by atoms with Crippen molar-refractivity contribution >= 4 is 26.4 Å². The fourth-order valence-electron chi connectivity index (χ4n) is 2.17. The molecule has 0 unspecified atom stereocenters. The SMILES string of the molecule is CCS(=O)(=O)CCCn1ccc2cccc([N+](=O)[O-])c21. The van der Waals surface area contributed by atoms with E-state index in [0.29, 0.717) is 18.5 Å². The van der Waals surface area contributed by atoms with E-state index in [1.807, 2.05) is 6.07 Å². The molecule has 1 aromatic heterocycles. The van der Waals surface area contributed by atoms with Crippen molar-refractivity contribution in [3.8, 4) is 0 Å². The molecule has 0 aliphatic carbocycles. The molecule has 0 bridgehead atoms. The molecule has 20 heavy (non-hydrogen) atoms. The molecule has 108 valence electrons. The maximum absolute atomic E-state index is 11.4. The predicted molar refractivity (Wildman–Crippen MR) is 77.5 cm³/mol. The van der Waals surface area contributed by atoms with Crippen molar-refractivity contribution in [3.63, 3.8) is 0 Å². The Morgan fingerprint density at radius 3 is 2.70 bits per heavy atom. The fraction of sp³-hybridized carbons (Fsp3) is 0.385. The molecular weight excluding hydrogens is 280 g/mol. The number of benzene rings is 1. The van der Waals surface area contributed by atoms with Crippen molar-refractivity contribution in [2.24, 2.45) is 0 Å². The minimum absolute atomic E-state index is 0.0471. The first-order valence-corrected chi connectivity index (χ1v) is 8.19. The number of nitrogens with zero attached hydrogens (tertiary/aromatic N) is 2. The number of aromatic nitrogens is 1. The normalized spacial score (nSPS) is 11.8. The molecular formula is C13H16N2O4S. The molecule has 0 radical (unpaired) electrons. The van der Waals surface area contributed by atoms with Gasteiger partial charge in [-0.05, 0) is 12.5 Å². The Kier molecular flexibility index (Phi) is 4.08. The lowest BCUT2D eigenvalue weighted by Gasteiger charge is -2.06. The number of hydrogen-bond donors (Lipinski definition) is 0. The summed E-state index contributed by atoms with van der Waals surface area (Å²) in [4.78, 5) is 10.6. The molecule has 0 amide bonds. The Hall–Kier alpha value is -1.89. The second-order valence-electron chi connectivity index (χ2n) is 4.57. The quantitative estimate of drug-likeness (QED) is 0.605. The molecule has 1 heterocycles. The summed E-state index contributed by atoms with van der Waals surface area (Å²) in [7, 11) is -3.00. The topological polar surface area (TPSA) is 82.2 Å². The second kappa shape index (κ2) is 5.62. The van der Waals surface area contributed by atoms with E-state index in [-0.39, 0.29) is 17.2 Å². The Morgan fingerprint density at radius 1 is 1.30 bits per heavy atom. The van der Waals surface area contributed by atoms with Crippen molar-refractivity contribution in [3.05, 3.63) is 40.6 Å². The van der Waals surface area contributed by atoms with Gasteiger partial charge in [-0.2, -0.15) is 0 Å². The molecule has 2 aromatic rings. The number of para-hydroxylation sites is 1. The van der Waals surface area contributed by atoms with Gasteiger partial charge in [0.25, 0.3) is 5.69 Å². The molecule has 0 aliphatic rings. The summed E-state index contributed by atoms with van der Waals surface area (Å²) in [5.74, 6) is 0.226. The summed E-state index contributed by atoms with van der Waals surface area (Å²) in [5, 5.41) is 11.8. The molecule has 1 aromatic carbocycles. The van der Waals surface area contributed by atoms with Gasteiger partial charge in [-0.3, -0.25) is 10.1 Å². The highest BCUT2D eigenvalue weighted by atomic mass is 32.2.